The Kier molecular flexibility index (Phi) is 8.54. The van der Waals surface area contributed by atoms with Gasteiger partial charge in [0.25, 0.3) is 0 Å². The number of rotatable bonds is 11. The number of carboxylic acids is 1. The third-order valence-corrected chi connectivity index (χ3v) is 7.32. The van der Waals surface area contributed by atoms with Crippen LogP contribution < -0.4 is 19.9 Å². The van der Waals surface area contributed by atoms with Crippen molar-refractivity contribution in [2.75, 3.05) is 5.73 Å². The number of hydrogen-bond acceptors (Lipinski definition) is 6. The predicted molar refractivity (Wildman–Crippen MR) is 164 cm³/mol. The zero-order valence-electron chi connectivity index (χ0n) is 23.7. The van der Waals surface area contributed by atoms with E-state index in [1.165, 1.54) is 0 Å². The van der Waals surface area contributed by atoms with E-state index < -0.39 is 5.97 Å². The van der Waals surface area contributed by atoms with Gasteiger partial charge in [-0.1, -0.05) is 29.8 Å². The zero-order valence-corrected chi connectivity index (χ0v) is 24.4. The average Bonchev–Trinajstić information content (AvgIpc) is 3.28. The molecule has 5 aromatic rings. The van der Waals surface area contributed by atoms with Gasteiger partial charge in [-0.05, 0) is 85.0 Å². The topological polar surface area (TPSA) is 109 Å². The molecule has 0 bridgehead atoms. The molecule has 0 radical (unpaired) electrons. The van der Waals surface area contributed by atoms with Crippen molar-refractivity contribution < 1.29 is 24.1 Å². The number of aryl methyl sites for hydroxylation is 4. The van der Waals surface area contributed by atoms with Crippen molar-refractivity contribution in [1.29, 1.82) is 0 Å². The third-order valence-electron chi connectivity index (χ3n) is 7.07. The fourth-order valence-corrected chi connectivity index (χ4v) is 4.76. The maximum absolute atomic E-state index is 11.2. The molecule has 8 nitrogen and oxygen atoms in total. The molecule has 0 fully saturated rings. The average molecular weight is 586 g/mol. The predicted octanol–water partition coefficient (Wildman–Crippen LogP) is 7.39. The maximum atomic E-state index is 11.2. The molecule has 1 heterocycles. The number of aromatic nitrogens is 2. The Morgan fingerprint density at radius 2 is 1.62 bits per heavy atom. The van der Waals surface area contributed by atoms with Gasteiger partial charge in [0.1, 0.15) is 42.0 Å². The summed E-state index contributed by atoms with van der Waals surface area (Å²) in [7, 11) is 1.94. The summed E-state index contributed by atoms with van der Waals surface area (Å²) >= 11 is 5.99. The Labute approximate surface area is 249 Å². The van der Waals surface area contributed by atoms with Crippen molar-refractivity contribution >= 4 is 34.3 Å². The lowest BCUT2D eigenvalue weighted by Gasteiger charge is -2.14. The number of aliphatic carboxylic acids is 1. The number of imidazole rings is 1. The van der Waals surface area contributed by atoms with Gasteiger partial charge in [-0.3, -0.25) is 4.79 Å². The van der Waals surface area contributed by atoms with Crippen molar-refractivity contribution in [2.45, 2.75) is 39.9 Å². The number of fused-ring (bicyclic) bond motifs is 1. The molecule has 0 spiro atoms. The highest BCUT2D eigenvalue weighted by atomic mass is 35.5. The van der Waals surface area contributed by atoms with E-state index in [-0.39, 0.29) is 13.0 Å². The van der Waals surface area contributed by atoms with Gasteiger partial charge in [-0.2, -0.15) is 0 Å². The number of nitrogen functional groups attached to an aromatic ring is 1. The van der Waals surface area contributed by atoms with Crippen LogP contribution in [0.15, 0.2) is 72.8 Å². The number of anilines is 1. The number of nitrogens with two attached hydrogens (primary N) is 1. The quantitative estimate of drug-likeness (QED) is 0.155. The van der Waals surface area contributed by atoms with E-state index in [9.17, 15) is 9.90 Å². The van der Waals surface area contributed by atoms with Crippen LogP contribution in [0.3, 0.4) is 0 Å². The Bertz CT molecular complexity index is 1720. The molecule has 3 N–H and O–H groups in total. The number of carbonyl (C=O) groups is 1. The number of ether oxygens (including phenoxy) is 3. The fourth-order valence-electron chi connectivity index (χ4n) is 4.64. The lowest BCUT2D eigenvalue weighted by atomic mass is 10.1. The molecule has 9 heteroatoms. The van der Waals surface area contributed by atoms with Crippen molar-refractivity contribution in [3.8, 4) is 23.0 Å². The number of hydrogen-bond donors (Lipinski definition) is 2. The summed E-state index contributed by atoms with van der Waals surface area (Å²) in [5.74, 6) is 2.45. The third kappa shape index (κ3) is 6.78. The molecule has 42 heavy (non-hydrogen) atoms. The molecule has 4 aromatic carbocycles. The van der Waals surface area contributed by atoms with Crippen molar-refractivity contribution in [3.05, 3.63) is 106 Å². The summed E-state index contributed by atoms with van der Waals surface area (Å²) in [5, 5.41) is 9.82. The SMILES string of the molecule is Cc1cc(Oc2ccc3nc(COc4ccc(CCC(=O)O)c(OCc5ccc(Cl)cc5)c4)n(C)c3c2)cc(C)c1N. The van der Waals surface area contributed by atoms with Gasteiger partial charge in [-0.25, -0.2) is 4.98 Å². The van der Waals surface area contributed by atoms with E-state index in [0.29, 0.717) is 35.3 Å². The van der Waals surface area contributed by atoms with Gasteiger partial charge in [0.05, 0.1) is 11.0 Å². The lowest BCUT2D eigenvalue weighted by Crippen LogP contribution is -2.05. The molecule has 0 aliphatic rings. The number of carboxylic acid groups (broad SMARTS) is 1. The molecule has 0 aliphatic heterocycles. The summed E-state index contributed by atoms with van der Waals surface area (Å²) in [6.07, 6.45) is 0.344. The standard InChI is InChI=1S/C33H32ClN3O5/c1-20-14-27(15-21(2)33(20)35)42-26-11-12-28-29(16-26)37(3)31(36-28)19-40-25-10-6-23(7-13-32(38)39)30(17-25)41-18-22-4-8-24(34)9-5-22/h4-6,8-12,14-17H,7,13,18-19,35H2,1-3H3,(H,38,39). The summed E-state index contributed by atoms with van der Waals surface area (Å²) in [6, 6.07) is 22.4. The summed E-state index contributed by atoms with van der Waals surface area (Å²) in [6.45, 7) is 4.46. The van der Waals surface area contributed by atoms with E-state index in [0.717, 1.165) is 50.5 Å². The van der Waals surface area contributed by atoms with Crippen molar-refractivity contribution in [2.24, 2.45) is 7.05 Å². The summed E-state index contributed by atoms with van der Waals surface area (Å²) in [4.78, 5) is 15.9. The molecule has 0 saturated heterocycles. The van der Waals surface area contributed by atoms with Crippen LogP contribution in [-0.2, 0) is 31.5 Å². The number of nitrogens with zero attached hydrogens (tertiary/aromatic N) is 2. The van der Waals surface area contributed by atoms with Gasteiger partial charge in [0, 0.05) is 36.3 Å². The highest BCUT2D eigenvalue weighted by Crippen LogP contribution is 2.31. The van der Waals surface area contributed by atoms with Crippen molar-refractivity contribution in [3.63, 3.8) is 0 Å². The Hall–Kier alpha value is -4.69. The monoisotopic (exact) mass is 585 g/mol. The number of halogens is 1. The smallest absolute Gasteiger partial charge is 0.303 e. The summed E-state index contributed by atoms with van der Waals surface area (Å²) in [5.41, 5.74) is 12.3. The van der Waals surface area contributed by atoms with Crippen LogP contribution in [0.5, 0.6) is 23.0 Å². The Morgan fingerprint density at radius 3 is 2.33 bits per heavy atom. The second kappa shape index (κ2) is 12.4. The van der Waals surface area contributed by atoms with E-state index in [4.69, 9.17) is 36.5 Å². The van der Waals surface area contributed by atoms with Crippen LogP contribution in [0.1, 0.15) is 34.5 Å². The molecule has 0 aliphatic carbocycles. The van der Waals surface area contributed by atoms with Gasteiger partial charge < -0.3 is 29.6 Å². The van der Waals surface area contributed by atoms with E-state index in [1.54, 1.807) is 18.2 Å². The van der Waals surface area contributed by atoms with Crippen LogP contribution in [0, 0.1) is 13.8 Å². The van der Waals surface area contributed by atoms with Crippen LogP contribution in [0.25, 0.3) is 11.0 Å². The Morgan fingerprint density at radius 1 is 0.905 bits per heavy atom. The highest BCUT2D eigenvalue weighted by Gasteiger charge is 2.13. The normalized spacial score (nSPS) is 11.0. The first-order valence-electron chi connectivity index (χ1n) is 13.5. The van der Waals surface area contributed by atoms with Gasteiger partial charge >= 0.3 is 5.97 Å². The van der Waals surface area contributed by atoms with Crippen molar-refractivity contribution in [1.82, 2.24) is 9.55 Å². The minimum Gasteiger partial charge on any atom is -0.488 e. The van der Waals surface area contributed by atoms with E-state index in [1.807, 2.05) is 80.1 Å². The maximum Gasteiger partial charge on any atom is 0.303 e. The minimum atomic E-state index is -0.868. The Balaban J connectivity index is 1.31. The van der Waals surface area contributed by atoms with E-state index >= 15 is 0 Å². The van der Waals surface area contributed by atoms with E-state index in [2.05, 4.69) is 0 Å². The molecule has 0 amide bonds. The first-order chi connectivity index (χ1) is 20.2. The first kappa shape index (κ1) is 28.8. The fraction of sp³-hybridized carbons (Fsp3) is 0.212. The molecular formula is C33H32ClN3O5. The molecule has 0 saturated carbocycles. The first-order valence-corrected chi connectivity index (χ1v) is 13.9. The molecule has 0 atom stereocenters. The minimum absolute atomic E-state index is 0.000609. The van der Waals surface area contributed by atoms with Crippen LogP contribution in [-0.4, -0.2) is 20.6 Å². The summed E-state index contributed by atoms with van der Waals surface area (Å²) < 4.78 is 20.3. The highest BCUT2D eigenvalue weighted by molar-refractivity contribution is 6.30. The van der Waals surface area contributed by atoms with Gasteiger partial charge in [0.15, 0.2) is 0 Å². The van der Waals surface area contributed by atoms with Gasteiger partial charge in [0.2, 0.25) is 0 Å². The second-order valence-electron chi connectivity index (χ2n) is 10.2. The lowest BCUT2D eigenvalue weighted by molar-refractivity contribution is -0.136. The molecule has 1 aromatic heterocycles. The van der Waals surface area contributed by atoms with Crippen LogP contribution >= 0.6 is 11.6 Å². The molecular weight excluding hydrogens is 554 g/mol. The molecule has 0 unspecified atom stereocenters. The molecule has 5 rings (SSSR count). The zero-order chi connectivity index (χ0) is 29.8. The largest absolute Gasteiger partial charge is 0.488 e. The van der Waals surface area contributed by atoms with Crippen LogP contribution in [0.4, 0.5) is 5.69 Å². The molecule has 216 valence electrons. The second-order valence-corrected chi connectivity index (χ2v) is 10.6. The van der Waals surface area contributed by atoms with Gasteiger partial charge in [-0.15, -0.1) is 0 Å². The number of benzene rings is 4. The van der Waals surface area contributed by atoms with Crippen LogP contribution in [0.2, 0.25) is 5.02 Å².